The van der Waals surface area contributed by atoms with Crippen LogP contribution >= 0.6 is 11.6 Å². The third kappa shape index (κ3) is 3.26. The zero-order valence-corrected chi connectivity index (χ0v) is 15.1. The smallest absolute Gasteiger partial charge is 0.321 e. The lowest BCUT2D eigenvalue weighted by Crippen LogP contribution is -2.47. The van der Waals surface area contributed by atoms with Gasteiger partial charge in [-0.15, -0.1) is 0 Å². The van der Waals surface area contributed by atoms with E-state index in [0.29, 0.717) is 5.02 Å². The molecule has 1 N–H and O–H groups in total. The largest absolute Gasteiger partial charge is 0.442 e. The van der Waals surface area contributed by atoms with E-state index in [0.717, 1.165) is 43.0 Å². The zero-order valence-electron chi connectivity index (χ0n) is 14.3. The van der Waals surface area contributed by atoms with E-state index in [4.69, 9.17) is 16.3 Å². The highest BCUT2D eigenvalue weighted by atomic mass is 35.5. The number of benzene rings is 2. The van der Waals surface area contributed by atoms with E-state index in [1.165, 1.54) is 0 Å². The van der Waals surface area contributed by atoms with Crippen LogP contribution in [-0.2, 0) is 15.1 Å². The summed E-state index contributed by atoms with van der Waals surface area (Å²) in [5, 5.41) is 3.87. The van der Waals surface area contributed by atoms with Gasteiger partial charge in [-0.25, -0.2) is 0 Å². The minimum absolute atomic E-state index is 0.264. The maximum Gasteiger partial charge on any atom is 0.321 e. The quantitative estimate of drug-likeness (QED) is 0.842. The summed E-state index contributed by atoms with van der Waals surface area (Å²) < 4.78 is 6.06. The van der Waals surface area contributed by atoms with E-state index in [1.807, 2.05) is 42.5 Å². The van der Waals surface area contributed by atoms with Crippen molar-refractivity contribution < 1.29 is 9.53 Å². The molecule has 1 saturated heterocycles. The topological polar surface area (TPSA) is 53.9 Å². The van der Waals surface area contributed by atoms with Crippen LogP contribution in [0, 0.1) is 0 Å². The lowest BCUT2D eigenvalue weighted by Gasteiger charge is -2.31. The number of aliphatic imine (C=N–C) groups is 1. The Morgan fingerprint density at radius 1 is 1.19 bits per heavy atom. The SMILES string of the molecule is O=C(CN1CCNCC1)OC1(c2ccccc2)C=Nc2ccc(Cl)cc21. The maximum absolute atomic E-state index is 12.8. The zero-order chi connectivity index (χ0) is 18.0. The highest BCUT2D eigenvalue weighted by Gasteiger charge is 2.42. The highest BCUT2D eigenvalue weighted by Crippen LogP contribution is 2.43. The van der Waals surface area contributed by atoms with Crippen molar-refractivity contribution in [1.29, 1.82) is 0 Å². The van der Waals surface area contributed by atoms with Gasteiger partial charge in [0.05, 0.1) is 18.4 Å². The molecule has 2 aliphatic heterocycles. The number of nitrogens with zero attached hydrogens (tertiary/aromatic N) is 2. The van der Waals surface area contributed by atoms with Gasteiger partial charge in [0, 0.05) is 42.3 Å². The molecule has 0 spiro atoms. The molecule has 1 atom stereocenters. The van der Waals surface area contributed by atoms with Crippen LogP contribution in [0.15, 0.2) is 53.5 Å². The summed E-state index contributed by atoms with van der Waals surface area (Å²) in [6.07, 6.45) is 1.71. The van der Waals surface area contributed by atoms with Gasteiger partial charge in [-0.1, -0.05) is 41.9 Å². The Morgan fingerprint density at radius 3 is 2.73 bits per heavy atom. The molecule has 1 unspecified atom stereocenters. The van der Waals surface area contributed by atoms with E-state index in [-0.39, 0.29) is 12.5 Å². The monoisotopic (exact) mass is 369 g/mol. The molecule has 2 aromatic carbocycles. The van der Waals surface area contributed by atoms with Crippen molar-refractivity contribution in [2.45, 2.75) is 5.60 Å². The molecule has 0 saturated carbocycles. The minimum atomic E-state index is -1.04. The van der Waals surface area contributed by atoms with Crippen LogP contribution in [0.1, 0.15) is 11.1 Å². The molecule has 2 heterocycles. The molecule has 2 aliphatic rings. The molecule has 0 aliphatic carbocycles. The van der Waals surface area contributed by atoms with E-state index >= 15 is 0 Å². The Bertz CT molecular complexity index is 834. The van der Waals surface area contributed by atoms with Crippen LogP contribution < -0.4 is 5.32 Å². The molecule has 0 amide bonds. The number of nitrogens with one attached hydrogen (secondary N) is 1. The predicted octanol–water partition coefficient (Wildman–Crippen LogP) is 2.75. The molecule has 2 aromatic rings. The number of halogens is 1. The summed E-state index contributed by atoms with van der Waals surface area (Å²) in [5.74, 6) is -0.268. The molecule has 1 fully saturated rings. The van der Waals surface area contributed by atoms with Crippen LogP contribution in [0.3, 0.4) is 0 Å². The summed E-state index contributed by atoms with van der Waals surface area (Å²) >= 11 is 6.22. The normalized spacial score (nSPS) is 22.2. The Hall–Kier alpha value is -2.21. The van der Waals surface area contributed by atoms with Crippen LogP contribution in [0.4, 0.5) is 5.69 Å². The van der Waals surface area contributed by atoms with Crippen molar-refractivity contribution >= 4 is 29.5 Å². The van der Waals surface area contributed by atoms with Gasteiger partial charge in [0.1, 0.15) is 0 Å². The Labute approximate surface area is 157 Å². The fourth-order valence-corrected chi connectivity index (χ4v) is 3.64. The fraction of sp³-hybridized carbons (Fsp3) is 0.300. The predicted molar refractivity (Wildman–Crippen MR) is 102 cm³/mol. The summed E-state index contributed by atoms with van der Waals surface area (Å²) in [4.78, 5) is 19.3. The molecule has 5 nitrogen and oxygen atoms in total. The molecular formula is C20H20ClN3O2. The first-order valence-electron chi connectivity index (χ1n) is 8.73. The minimum Gasteiger partial charge on any atom is -0.442 e. The van der Waals surface area contributed by atoms with Crippen LogP contribution in [0.25, 0.3) is 0 Å². The molecule has 6 heteroatoms. The lowest BCUT2D eigenvalue weighted by molar-refractivity contribution is -0.152. The van der Waals surface area contributed by atoms with Gasteiger partial charge in [-0.05, 0) is 18.2 Å². The first-order chi connectivity index (χ1) is 12.7. The van der Waals surface area contributed by atoms with Crippen molar-refractivity contribution in [3.8, 4) is 0 Å². The molecule has 0 aromatic heterocycles. The lowest BCUT2D eigenvalue weighted by atomic mass is 9.88. The number of esters is 1. The summed E-state index contributed by atoms with van der Waals surface area (Å²) in [6.45, 7) is 3.71. The Kier molecular flexibility index (Phi) is 4.76. The number of hydrogen-bond acceptors (Lipinski definition) is 5. The summed E-state index contributed by atoms with van der Waals surface area (Å²) in [7, 11) is 0. The number of rotatable bonds is 4. The van der Waals surface area contributed by atoms with Crippen molar-refractivity contribution in [3.63, 3.8) is 0 Å². The average Bonchev–Trinajstić information content (AvgIpc) is 3.02. The molecule has 0 radical (unpaired) electrons. The van der Waals surface area contributed by atoms with Crippen molar-refractivity contribution in [2.24, 2.45) is 4.99 Å². The number of ether oxygens (including phenoxy) is 1. The molecule has 26 heavy (non-hydrogen) atoms. The Morgan fingerprint density at radius 2 is 1.96 bits per heavy atom. The summed E-state index contributed by atoms with van der Waals surface area (Å²) in [6, 6.07) is 15.2. The number of carbonyl (C=O) groups is 1. The standard InChI is InChI=1S/C20H20ClN3O2/c21-16-6-7-18-17(12-16)20(14-23-18,15-4-2-1-3-5-15)26-19(25)13-24-10-8-22-9-11-24/h1-7,12,14,22H,8-11,13H2. The van der Waals surface area contributed by atoms with Crippen LogP contribution in [0.2, 0.25) is 5.02 Å². The van der Waals surface area contributed by atoms with E-state index in [2.05, 4.69) is 15.2 Å². The van der Waals surface area contributed by atoms with Crippen molar-refractivity contribution in [2.75, 3.05) is 32.7 Å². The maximum atomic E-state index is 12.8. The number of piperazine rings is 1. The van der Waals surface area contributed by atoms with E-state index in [1.54, 1.807) is 12.3 Å². The molecule has 134 valence electrons. The first kappa shape index (κ1) is 17.2. The molecular weight excluding hydrogens is 350 g/mol. The third-order valence-electron chi connectivity index (χ3n) is 4.78. The van der Waals surface area contributed by atoms with Gasteiger partial charge in [-0.2, -0.15) is 0 Å². The number of carbonyl (C=O) groups excluding carboxylic acids is 1. The summed E-state index contributed by atoms with van der Waals surface area (Å²) in [5.41, 5.74) is 1.39. The van der Waals surface area contributed by atoms with E-state index in [9.17, 15) is 4.79 Å². The second-order valence-corrected chi connectivity index (χ2v) is 6.96. The van der Waals surface area contributed by atoms with Gasteiger partial charge in [0.2, 0.25) is 0 Å². The van der Waals surface area contributed by atoms with Crippen molar-refractivity contribution in [1.82, 2.24) is 10.2 Å². The fourth-order valence-electron chi connectivity index (χ4n) is 3.47. The number of hydrogen-bond donors (Lipinski definition) is 1. The van der Waals surface area contributed by atoms with Gasteiger partial charge >= 0.3 is 5.97 Å². The average molecular weight is 370 g/mol. The first-order valence-corrected chi connectivity index (χ1v) is 9.11. The van der Waals surface area contributed by atoms with Crippen LogP contribution in [-0.4, -0.2) is 49.8 Å². The molecule has 4 rings (SSSR count). The highest BCUT2D eigenvalue weighted by molar-refractivity contribution is 6.30. The second-order valence-electron chi connectivity index (χ2n) is 6.52. The van der Waals surface area contributed by atoms with Gasteiger partial charge in [-0.3, -0.25) is 14.7 Å². The van der Waals surface area contributed by atoms with Gasteiger partial charge in [0.15, 0.2) is 5.60 Å². The van der Waals surface area contributed by atoms with Crippen molar-refractivity contribution in [3.05, 3.63) is 64.7 Å². The molecule has 0 bridgehead atoms. The Balaban J connectivity index is 1.67. The van der Waals surface area contributed by atoms with Gasteiger partial charge in [0.25, 0.3) is 0 Å². The third-order valence-corrected chi connectivity index (χ3v) is 5.02. The second kappa shape index (κ2) is 7.19. The van der Waals surface area contributed by atoms with Gasteiger partial charge < -0.3 is 10.1 Å². The van der Waals surface area contributed by atoms with Crippen LogP contribution in [0.5, 0.6) is 0 Å². The van der Waals surface area contributed by atoms with E-state index < -0.39 is 5.60 Å². The number of fused-ring (bicyclic) bond motifs is 1.